The van der Waals surface area contributed by atoms with Gasteiger partial charge in [-0.15, -0.1) is 70.6 Å². The van der Waals surface area contributed by atoms with Crippen molar-refractivity contribution in [3.8, 4) is 0 Å². The molecule has 4 atom stereocenters. The average Bonchev–Trinajstić information content (AvgIpc) is 3.39. The van der Waals surface area contributed by atoms with Crippen LogP contribution >= 0.6 is 95.8 Å². The van der Waals surface area contributed by atoms with E-state index < -0.39 is 0 Å². The minimum absolute atomic E-state index is 0.710. The van der Waals surface area contributed by atoms with Crippen LogP contribution in [0.1, 0.15) is 0 Å². The van der Waals surface area contributed by atoms with Gasteiger partial charge in [-0.25, -0.2) is 0 Å². The van der Waals surface area contributed by atoms with Gasteiger partial charge in [0.1, 0.15) is 0 Å². The summed E-state index contributed by atoms with van der Waals surface area (Å²) in [5.41, 5.74) is 0. The van der Waals surface area contributed by atoms with Crippen LogP contribution in [-0.2, 0) is 0 Å². The zero-order chi connectivity index (χ0) is 19.3. The Hall–Kier alpha value is 1.50. The van der Waals surface area contributed by atoms with Crippen LogP contribution in [0.5, 0.6) is 0 Å². The zero-order valence-electron chi connectivity index (χ0n) is 15.4. The van der Waals surface area contributed by atoms with Crippen molar-refractivity contribution in [2.24, 2.45) is 0 Å². The lowest BCUT2D eigenvalue weighted by Crippen LogP contribution is -2.02. The zero-order valence-corrected chi connectivity index (χ0v) is 22.0. The number of thioether (sulfide) groups is 6. The largest absolute Gasteiger partial charge is 0.178 e. The van der Waals surface area contributed by atoms with E-state index in [2.05, 4.69) is 109 Å². The first-order chi connectivity index (χ1) is 13.7. The summed E-state index contributed by atoms with van der Waals surface area (Å²) in [4.78, 5) is 2.78. The van der Waals surface area contributed by atoms with Crippen LogP contribution in [0.25, 0.3) is 10.8 Å². The Morgan fingerprint density at radius 1 is 0.750 bits per heavy atom. The Labute approximate surface area is 205 Å². The maximum Gasteiger partial charge on any atom is 0.0600 e. The van der Waals surface area contributed by atoms with Crippen molar-refractivity contribution in [2.45, 2.75) is 29.5 Å². The number of benzene rings is 2. The molecule has 0 nitrogen and oxygen atoms in total. The molecule has 2 fully saturated rings. The minimum atomic E-state index is 0.710. The maximum atomic E-state index is 4.45. The summed E-state index contributed by atoms with van der Waals surface area (Å²) in [7, 11) is 0. The van der Waals surface area contributed by atoms with Gasteiger partial charge < -0.3 is 0 Å². The van der Waals surface area contributed by atoms with Crippen molar-refractivity contribution in [1.82, 2.24) is 0 Å². The monoisotopic (exact) mass is 520 g/mol. The highest BCUT2D eigenvalue weighted by Gasteiger charge is 2.25. The second kappa shape index (κ2) is 11.4. The topological polar surface area (TPSA) is 0 Å². The lowest BCUT2D eigenvalue weighted by atomic mass is 10.1. The molecular formula is C20H24S8. The summed E-state index contributed by atoms with van der Waals surface area (Å²) in [5, 5.41) is 4.17. The highest BCUT2D eigenvalue weighted by atomic mass is 32.2. The molecule has 0 amide bonds. The number of hydrogen-bond donors (Lipinski definition) is 2. The van der Waals surface area contributed by atoms with Gasteiger partial charge in [-0.2, -0.15) is 25.3 Å². The Morgan fingerprint density at radius 2 is 1.25 bits per heavy atom. The Bertz CT molecular complexity index is 721. The summed E-state index contributed by atoms with van der Waals surface area (Å²) in [5.74, 6) is 6.88. The molecule has 2 saturated heterocycles. The van der Waals surface area contributed by atoms with E-state index in [9.17, 15) is 0 Å². The van der Waals surface area contributed by atoms with E-state index in [1.807, 2.05) is 23.5 Å². The van der Waals surface area contributed by atoms with Crippen LogP contribution in [0, 0.1) is 0 Å². The minimum Gasteiger partial charge on any atom is -0.178 e. The van der Waals surface area contributed by atoms with Gasteiger partial charge in [-0.3, -0.25) is 0 Å². The van der Waals surface area contributed by atoms with Crippen molar-refractivity contribution < 1.29 is 0 Å². The molecule has 8 heteroatoms. The molecule has 0 spiro atoms. The van der Waals surface area contributed by atoms with Crippen molar-refractivity contribution in [2.75, 3.05) is 34.5 Å². The summed E-state index contributed by atoms with van der Waals surface area (Å²) >= 11 is 21.3. The molecule has 4 unspecified atom stereocenters. The molecule has 4 rings (SSSR count). The fourth-order valence-corrected chi connectivity index (χ4v) is 13.1. The van der Waals surface area contributed by atoms with Crippen molar-refractivity contribution in [3.05, 3.63) is 36.4 Å². The molecule has 2 heterocycles. The maximum absolute atomic E-state index is 4.45. The predicted molar refractivity (Wildman–Crippen MR) is 148 cm³/mol. The van der Waals surface area contributed by atoms with Gasteiger partial charge in [0.15, 0.2) is 0 Å². The molecule has 0 bridgehead atoms. The predicted octanol–water partition coefficient (Wildman–Crippen LogP) is 7.23. The van der Waals surface area contributed by atoms with E-state index >= 15 is 0 Å². The van der Waals surface area contributed by atoms with Crippen LogP contribution < -0.4 is 0 Å². The average molecular weight is 521 g/mol. The second-order valence-corrected chi connectivity index (χ2v) is 15.7. The summed E-state index contributed by atoms with van der Waals surface area (Å²) < 4.78 is 1.42. The molecule has 0 saturated carbocycles. The van der Waals surface area contributed by atoms with E-state index in [1.165, 1.54) is 43.6 Å². The Kier molecular flexibility index (Phi) is 9.23. The van der Waals surface area contributed by atoms with Gasteiger partial charge in [-0.05, 0) is 35.0 Å². The van der Waals surface area contributed by atoms with Gasteiger partial charge in [0.05, 0.1) is 9.16 Å². The number of fused-ring (bicyclic) bond motifs is 1. The summed E-state index contributed by atoms with van der Waals surface area (Å²) in [6.07, 6.45) is 0. The quantitative estimate of drug-likeness (QED) is 0.276. The van der Waals surface area contributed by atoms with Crippen LogP contribution in [0.3, 0.4) is 0 Å². The van der Waals surface area contributed by atoms with Gasteiger partial charge in [0.2, 0.25) is 0 Å². The standard InChI is InChI=1S/C20H24S8/c21-7-17-9-25-19(27-17)11-23-15-3-1-13-2-4-16(6-14(13)5-15)24-12-20-26-10-18(8-22)28-20/h1-6,17-22H,7-12H2. The van der Waals surface area contributed by atoms with E-state index in [-0.39, 0.29) is 0 Å². The number of thiol groups is 2. The molecule has 0 N–H and O–H groups in total. The lowest BCUT2D eigenvalue weighted by molar-refractivity contribution is 1.17. The summed E-state index contributed by atoms with van der Waals surface area (Å²) in [6.45, 7) is 0. The molecule has 0 radical (unpaired) electrons. The normalized spacial score (nSPS) is 27.6. The summed E-state index contributed by atoms with van der Waals surface area (Å²) in [6, 6.07) is 13.9. The molecule has 152 valence electrons. The van der Waals surface area contributed by atoms with Crippen molar-refractivity contribution in [3.63, 3.8) is 0 Å². The molecule has 2 aliphatic rings. The first-order valence-corrected chi connectivity index (χ1v) is 16.5. The number of hydrogen-bond acceptors (Lipinski definition) is 8. The second-order valence-electron chi connectivity index (χ2n) is 6.70. The molecule has 2 aromatic carbocycles. The molecule has 0 aliphatic carbocycles. The molecule has 0 aromatic heterocycles. The molecule has 2 aliphatic heterocycles. The highest BCUT2D eigenvalue weighted by molar-refractivity contribution is 8.22. The van der Waals surface area contributed by atoms with E-state index in [1.54, 1.807) is 0 Å². The van der Waals surface area contributed by atoms with E-state index in [0.717, 1.165) is 22.0 Å². The fraction of sp³-hybridized carbons (Fsp3) is 0.500. The number of rotatable bonds is 8. The third-order valence-corrected chi connectivity index (χ3v) is 15.5. The van der Waals surface area contributed by atoms with Crippen LogP contribution in [0.2, 0.25) is 0 Å². The SMILES string of the molecule is SCC1CSC(CSc2ccc3ccc(SCC4SCC(CS)S4)cc3c2)S1. The van der Waals surface area contributed by atoms with Crippen molar-refractivity contribution >= 4 is 107 Å². The van der Waals surface area contributed by atoms with Gasteiger partial charge >= 0.3 is 0 Å². The van der Waals surface area contributed by atoms with Gasteiger partial charge in [-0.1, -0.05) is 12.1 Å². The third kappa shape index (κ3) is 6.27. The molecule has 28 heavy (non-hydrogen) atoms. The highest BCUT2D eigenvalue weighted by Crippen LogP contribution is 2.42. The first-order valence-electron chi connectivity index (χ1n) is 9.29. The third-order valence-electron chi connectivity index (χ3n) is 4.59. The van der Waals surface area contributed by atoms with Gasteiger partial charge in [0.25, 0.3) is 0 Å². The smallest absolute Gasteiger partial charge is 0.0600 e. The van der Waals surface area contributed by atoms with E-state index in [0.29, 0.717) is 9.16 Å². The fourth-order valence-electron chi connectivity index (χ4n) is 3.09. The first kappa shape index (κ1) is 22.7. The van der Waals surface area contributed by atoms with E-state index in [4.69, 9.17) is 0 Å². The Morgan fingerprint density at radius 3 is 1.68 bits per heavy atom. The van der Waals surface area contributed by atoms with Crippen LogP contribution in [0.15, 0.2) is 46.2 Å². The van der Waals surface area contributed by atoms with Crippen molar-refractivity contribution in [1.29, 1.82) is 0 Å². The molecular weight excluding hydrogens is 497 g/mol. The van der Waals surface area contributed by atoms with Crippen LogP contribution in [0.4, 0.5) is 0 Å². The molecule has 2 aromatic rings. The van der Waals surface area contributed by atoms with Crippen LogP contribution in [-0.4, -0.2) is 54.2 Å². The van der Waals surface area contributed by atoms with Gasteiger partial charge in [0, 0.05) is 54.8 Å². The Balaban J connectivity index is 1.34. The lowest BCUT2D eigenvalue weighted by Gasteiger charge is -2.11.